The van der Waals surface area contributed by atoms with Crippen molar-refractivity contribution in [2.24, 2.45) is 0 Å². The minimum Gasteiger partial charge on any atom is -0.496 e. The van der Waals surface area contributed by atoms with Gasteiger partial charge in [0.2, 0.25) is 0 Å². The highest BCUT2D eigenvalue weighted by atomic mass is 16.6. The fourth-order valence-electron chi connectivity index (χ4n) is 3.43. The Morgan fingerprint density at radius 2 is 1.37 bits per heavy atom. The summed E-state index contributed by atoms with van der Waals surface area (Å²) < 4.78 is 32.0. The molecule has 3 rings (SSSR count). The number of hydrogen-bond acceptors (Lipinski definition) is 8. The van der Waals surface area contributed by atoms with Gasteiger partial charge in [-0.25, -0.2) is 9.59 Å². The first-order valence-corrected chi connectivity index (χ1v) is 12.1. The van der Waals surface area contributed by atoms with Crippen molar-refractivity contribution in [3.05, 3.63) is 90.5 Å². The van der Waals surface area contributed by atoms with Gasteiger partial charge < -0.3 is 28.4 Å². The molecule has 0 radical (unpaired) electrons. The number of hydrogen-bond donors (Lipinski definition) is 0. The fraction of sp³-hybridized carbons (Fsp3) is 0.267. The van der Waals surface area contributed by atoms with Gasteiger partial charge in [0, 0.05) is 6.08 Å². The van der Waals surface area contributed by atoms with Gasteiger partial charge in [-0.05, 0) is 72.1 Å². The van der Waals surface area contributed by atoms with E-state index in [-0.39, 0.29) is 6.61 Å². The molecule has 0 aliphatic rings. The molecule has 0 aliphatic heterocycles. The van der Waals surface area contributed by atoms with E-state index < -0.39 is 11.9 Å². The van der Waals surface area contributed by atoms with Crippen LogP contribution in [0.4, 0.5) is 0 Å². The Hall–Kier alpha value is -4.14. The van der Waals surface area contributed by atoms with Crippen LogP contribution in [0.2, 0.25) is 0 Å². The van der Waals surface area contributed by atoms with E-state index in [4.69, 9.17) is 28.4 Å². The summed E-state index contributed by atoms with van der Waals surface area (Å²) in [7, 11) is 1.65. The molecule has 3 aromatic carbocycles. The molecule has 38 heavy (non-hydrogen) atoms. The van der Waals surface area contributed by atoms with Crippen LogP contribution in [0.25, 0.3) is 11.1 Å². The summed E-state index contributed by atoms with van der Waals surface area (Å²) in [6, 6.07) is 20.1. The third kappa shape index (κ3) is 9.06. The molecule has 200 valence electrons. The van der Waals surface area contributed by atoms with E-state index in [1.54, 1.807) is 43.5 Å². The van der Waals surface area contributed by atoms with E-state index >= 15 is 0 Å². The molecular formula is C30H32O8. The predicted octanol–water partition coefficient (Wildman–Crippen LogP) is 5.03. The van der Waals surface area contributed by atoms with E-state index in [9.17, 15) is 9.59 Å². The second kappa shape index (κ2) is 15.2. The van der Waals surface area contributed by atoms with Crippen molar-refractivity contribution in [2.45, 2.75) is 6.92 Å². The first-order chi connectivity index (χ1) is 18.5. The highest BCUT2D eigenvalue weighted by molar-refractivity contribution is 5.91. The fourth-order valence-corrected chi connectivity index (χ4v) is 3.43. The van der Waals surface area contributed by atoms with Crippen molar-refractivity contribution in [2.75, 3.05) is 46.8 Å². The minimum absolute atomic E-state index is 0.175. The van der Waals surface area contributed by atoms with Gasteiger partial charge in [0.15, 0.2) is 0 Å². The Bertz CT molecular complexity index is 1190. The number of methoxy groups -OCH3 is 1. The van der Waals surface area contributed by atoms with E-state index in [1.807, 2.05) is 31.2 Å². The Balaban J connectivity index is 1.35. The largest absolute Gasteiger partial charge is 0.496 e. The molecule has 0 unspecified atom stereocenters. The molecular weight excluding hydrogens is 488 g/mol. The number of rotatable bonds is 15. The molecule has 0 bridgehead atoms. The Kier molecular flexibility index (Phi) is 11.4. The van der Waals surface area contributed by atoms with Crippen molar-refractivity contribution in [1.29, 1.82) is 0 Å². The standard InChI is InChI=1S/C30H32O8/c1-4-29(31)37-20-18-35-16-15-34-17-19-36-26-10-7-24(8-11-26)30(32)38-27-12-5-23(6-13-27)25-9-14-28(33-3)22(2)21-25/h4-14,21H,1,15-20H2,2-3H3. The summed E-state index contributed by atoms with van der Waals surface area (Å²) >= 11 is 0. The first kappa shape index (κ1) is 28.4. The van der Waals surface area contributed by atoms with Gasteiger partial charge in [-0.1, -0.05) is 24.8 Å². The predicted molar refractivity (Wildman–Crippen MR) is 143 cm³/mol. The van der Waals surface area contributed by atoms with Crippen molar-refractivity contribution in [3.8, 4) is 28.4 Å². The van der Waals surface area contributed by atoms with E-state index in [0.29, 0.717) is 50.1 Å². The van der Waals surface area contributed by atoms with Crippen molar-refractivity contribution in [1.82, 2.24) is 0 Å². The molecule has 0 heterocycles. The van der Waals surface area contributed by atoms with E-state index in [1.165, 1.54) is 0 Å². The molecule has 0 spiro atoms. The van der Waals surface area contributed by atoms with Crippen LogP contribution in [0, 0.1) is 6.92 Å². The third-order valence-electron chi connectivity index (χ3n) is 5.39. The van der Waals surface area contributed by atoms with Crippen LogP contribution in [-0.2, 0) is 19.0 Å². The smallest absolute Gasteiger partial charge is 0.343 e. The van der Waals surface area contributed by atoms with Crippen molar-refractivity contribution < 1.29 is 38.0 Å². The maximum Gasteiger partial charge on any atom is 0.343 e. The lowest BCUT2D eigenvalue weighted by atomic mass is 10.0. The average molecular weight is 521 g/mol. The highest BCUT2D eigenvalue weighted by Gasteiger charge is 2.10. The number of benzene rings is 3. The third-order valence-corrected chi connectivity index (χ3v) is 5.39. The van der Waals surface area contributed by atoms with Crippen LogP contribution in [-0.4, -0.2) is 58.7 Å². The Labute approximate surface area is 222 Å². The van der Waals surface area contributed by atoms with Gasteiger partial charge in [-0.2, -0.15) is 0 Å². The summed E-state index contributed by atoms with van der Waals surface area (Å²) in [5, 5.41) is 0. The molecule has 0 fully saturated rings. The van der Waals surface area contributed by atoms with Crippen LogP contribution in [0.1, 0.15) is 15.9 Å². The number of esters is 2. The molecule has 0 atom stereocenters. The van der Waals surface area contributed by atoms with Gasteiger partial charge in [0.1, 0.15) is 30.5 Å². The lowest BCUT2D eigenvalue weighted by molar-refractivity contribution is -0.139. The molecule has 8 nitrogen and oxygen atoms in total. The summed E-state index contributed by atoms with van der Waals surface area (Å²) in [6.07, 6.45) is 1.10. The first-order valence-electron chi connectivity index (χ1n) is 12.1. The van der Waals surface area contributed by atoms with Crippen LogP contribution in [0.3, 0.4) is 0 Å². The molecule has 0 saturated carbocycles. The molecule has 3 aromatic rings. The summed E-state index contributed by atoms with van der Waals surface area (Å²) in [4.78, 5) is 23.4. The average Bonchev–Trinajstić information content (AvgIpc) is 2.94. The highest BCUT2D eigenvalue weighted by Crippen LogP contribution is 2.27. The Morgan fingerprint density at radius 1 is 0.763 bits per heavy atom. The Morgan fingerprint density at radius 3 is 2.00 bits per heavy atom. The van der Waals surface area contributed by atoms with Crippen LogP contribution >= 0.6 is 0 Å². The maximum absolute atomic E-state index is 12.5. The quantitative estimate of drug-likeness (QED) is 0.119. The molecule has 0 amide bonds. The van der Waals surface area contributed by atoms with Gasteiger partial charge in [0.25, 0.3) is 0 Å². The zero-order valence-electron chi connectivity index (χ0n) is 21.6. The van der Waals surface area contributed by atoms with Crippen molar-refractivity contribution in [3.63, 3.8) is 0 Å². The van der Waals surface area contributed by atoms with Crippen LogP contribution in [0.15, 0.2) is 79.4 Å². The summed E-state index contributed by atoms with van der Waals surface area (Å²) in [5.74, 6) is 0.992. The second-order valence-corrected chi connectivity index (χ2v) is 8.07. The van der Waals surface area contributed by atoms with Crippen LogP contribution in [0.5, 0.6) is 17.2 Å². The minimum atomic E-state index is -0.474. The topological polar surface area (TPSA) is 89.5 Å². The molecule has 0 N–H and O–H groups in total. The lowest BCUT2D eigenvalue weighted by Crippen LogP contribution is -2.13. The SMILES string of the molecule is C=CC(=O)OCCOCCOCCOc1ccc(C(=O)Oc2ccc(-c3ccc(OC)c(C)c3)cc2)cc1. The van der Waals surface area contributed by atoms with Gasteiger partial charge in [0.05, 0.1) is 39.1 Å². The number of aryl methyl sites for hydroxylation is 1. The maximum atomic E-state index is 12.5. The van der Waals surface area contributed by atoms with Gasteiger partial charge in [-0.15, -0.1) is 0 Å². The van der Waals surface area contributed by atoms with Crippen molar-refractivity contribution >= 4 is 11.9 Å². The molecule has 0 saturated heterocycles. The van der Waals surface area contributed by atoms with Gasteiger partial charge >= 0.3 is 11.9 Å². The molecule has 0 aromatic heterocycles. The zero-order valence-corrected chi connectivity index (χ0v) is 21.6. The van der Waals surface area contributed by atoms with E-state index in [2.05, 4.69) is 12.6 Å². The second-order valence-electron chi connectivity index (χ2n) is 8.07. The summed E-state index contributed by atoms with van der Waals surface area (Å²) in [5.41, 5.74) is 3.53. The lowest BCUT2D eigenvalue weighted by Gasteiger charge is -2.10. The number of carbonyl (C=O) groups is 2. The number of carbonyl (C=O) groups excluding carboxylic acids is 2. The number of ether oxygens (including phenoxy) is 6. The normalized spacial score (nSPS) is 10.5. The van der Waals surface area contributed by atoms with E-state index in [0.717, 1.165) is 28.5 Å². The zero-order chi connectivity index (χ0) is 27.2. The monoisotopic (exact) mass is 520 g/mol. The molecule has 0 aliphatic carbocycles. The molecule has 8 heteroatoms. The van der Waals surface area contributed by atoms with Gasteiger partial charge in [-0.3, -0.25) is 0 Å². The summed E-state index contributed by atoms with van der Waals surface area (Å²) in [6.45, 7) is 7.28. The van der Waals surface area contributed by atoms with Crippen LogP contribution < -0.4 is 14.2 Å².